The van der Waals surface area contributed by atoms with Crippen molar-refractivity contribution in [2.45, 2.75) is 5.25 Å². The van der Waals surface area contributed by atoms with Crippen LogP contribution in [0.3, 0.4) is 0 Å². The molecule has 0 aliphatic carbocycles. The molecule has 3 rings (SSSR count). The molecule has 2 aromatic rings. The van der Waals surface area contributed by atoms with Crippen LogP contribution in [0, 0.1) is 0 Å². The molecule has 2 N–H and O–H groups in total. The third-order valence-electron chi connectivity index (χ3n) is 3.16. The van der Waals surface area contributed by atoms with Crippen molar-refractivity contribution >= 4 is 35.1 Å². The fourth-order valence-electron chi connectivity index (χ4n) is 2.18. The summed E-state index contributed by atoms with van der Waals surface area (Å²) in [5, 5.41) is 16.8. The van der Waals surface area contributed by atoms with E-state index in [1.807, 2.05) is 6.07 Å². The highest BCUT2D eigenvalue weighted by Crippen LogP contribution is 2.42. The molecule has 7 heteroatoms. The lowest BCUT2D eigenvalue weighted by Crippen LogP contribution is -2.15. The van der Waals surface area contributed by atoms with Crippen LogP contribution in [0.15, 0.2) is 24.4 Å². The number of carbonyl (C=O) groups is 1. The second kappa shape index (κ2) is 5.03. The molecule has 0 fully saturated rings. The fraction of sp³-hybridized carbons (Fsp3) is 0.231. The minimum atomic E-state index is -0.0489. The number of anilines is 1. The van der Waals surface area contributed by atoms with Gasteiger partial charge in [0.1, 0.15) is 11.6 Å². The van der Waals surface area contributed by atoms with E-state index in [4.69, 9.17) is 11.6 Å². The first-order chi connectivity index (χ1) is 9.56. The summed E-state index contributed by atoms with van der Waals surface area (Å²) < 4.78 is 1.65. The number of aryl methyl sites for hydroxylation is 1. The Hall–Kier alpha value is -1.66. The molecule has 104 valence electrons. The number of amides is 1. The third kappa shape index (κ3) is 2.25. The van der Waals surface area contributed by atoms with Crippen molar-refractivity contribution in [3.8, 4) is 5.75 Å². The van der Waals surface area contributed by atoms with Gasteiger partial charge in [-0.05, 0) is 17.7 Å². The number of nitrogens with zero attached hydrogens (tertiary/aromatic N) is 2. The van der Waals surface area contributed by atoms with Gasteiger partial charge < -0.3 is 10.4 Å². The third-order valence-corrected chi connectivity index (χ3v) is 4.75. The molecule has 0 bridgehead atoms. The summed E-state index contributed by atoms with van der Waals surface area (Å²) in [4.78, 5) is 11.8. The van der Waals surface area contributed by atoms with Crippen LogP contribution in [0.5, 0.6) is 5.75 Å². The van der Waals surface area contributed by atoms with E-state index in [1.165, 1.54) is 11.8 Å². The van der Waals surface area contributed by atoms with E-state index in [-0.39, 0.29) is 16.9 Å². The van der Waals surface area contributed by atoms with Crippen LogP contribution in [-0.2, 0) is 11.8 Å². The molecule has 0 spiro atoms. The lowest BCUT2D eigenvalue weighted by atomic mass is 10.1. The van der Waals surface area contributed by atoms with Gasteiger partial charge in [0, 0.05) is 12.6 Å². The molecule has 5 nitrogen and oxygen atoms in total. The molecule has 1 aliphatic heterocycles. The molecule has 20 heavy (non-hydrogen) atoms. The Morgan fingerprint density at radius 2 is 2.35 bits per heavy atom. The monoisotopic (exact) mass is 309 g/mol. The van der Waals surface area contributed by atoms with Crippen molar-refractivity contribution in [1.82, 2.24) is 9.78 Å². The van der Waals surface area contributed by atoms with Gasteiger partial charge in [-0.3, -0.25) is 9.48 Å². The number of aromatic hydroxyl groups is 1. The number of aromatic nitrogens is 2. The molecule has 1 aliphatic rings. The minimum Gasteiger partial charge on any atom is -0.506 e. The van der Waals surface area contributed by atoms with Gasteiger partial charge in [-0.1, -0.05) is 17.7 Å². The molecule has 0 saturated carbocycles. The molecule has 1 atom stereocenters. The number of nitrogens with one attached hydrogen (secondary N) is 1. The first kappa shape index (κ1) is 13.3. The zero-order valence-corrected chi connectivity index (χ0v) is 12.2. The minimum absolute atomic E-state index is 0.0456. The van der Waals surface area contributed by atoms with Crippen LogP contribution in [0.2, 0.25) is 5.02 Å². The Balaban J connectivity index is 2.08. The zero-order valence-electron chi connectivity index (χ0n) is 10.6. The number of fused-ring (bicyclic) bond motifs is 1. The Kier molecular flexibility index (Phi) is 3.35. The maximum atomic E-state index is 11.8. The fourth-order valence-corrected chi connectivity index (χ4v) is 3.45. The summed E-state index contributed by atoms with van der Waals surface area (Å²) >= 11 is 7.48. The number of thioether (sulfide) groups is 1. The largest absolute Gasteiger partial charge is 0.506 e. The van der Waals surface area contributed by atoms with E-state index in [0.717, 1.165) is 11.1 Å². The molecule has 1 amide bonds. The first-order valence-corrected chi connectivity index (χ1v) is 7.40. The van der Waals surface area contributed by atoms with E-state index in [0.29, 0.717) is 16.6 Å². The van der Waals surface area contributed by atoms with Crippen molar-refractivity contribution in [1.29, 1.82) is 0 Å². The van der Waals surface area contributed by atoms with Gasteiger partial charge in [-0.2, -0.15) is 5.10 Å². The SMILES string of the molecule is Cn1ncc2c1NC(=O)CS[C@H]2c1ccc(O)c(Cl)c1. The molecule has 0 unspecified atom stereocenters. The molecular weight excluding hydrogens is 298 g/mol. The second-order valence-corrected chi connectivity index (χ2v) is 6.02. The van der Waals surface area contributed by atoms with Crippen LogP contribution in [0.1, 0.15) is 16.4 Å². The van der Waals surface area contributed by atoms with E-state index in [1.54, 1.807) is 30.1 Å². The van der Waals surface area contributed by atoms with Crippen molar-refractivity contribution in [2.24, 2.45) is 7.05 Å². The normalized spacial score (nSPS) is 18.3. The summed E-state index contributed by atoms with van der Waals surface area (Å²) in [5.74, 6) is 1.06. The van der Waals surface area contributed by atoms with Crippen LogP contribution in [0.4, 0.5) is 5.82 Å². The van der Waals surface area contributed by atoms with Gasteiger partial charge in [-0.15, -0.1) is 11.8 Å². The molecular formula is C13H12ClN3O2S. The van der Waals surface area contributed by atoms with Crippen LogP contribution >= 0.6 is 23.4 Å². The lowest BCUT2D eigenvalue weighted by molar-refractivity contribution is -0.113. The van der Waals surface area contributed by atoms with E-state index in [2.05, 4.69) is 10.4 Å². The van der Waals surface area contributed by atoms with Gasteiger partial charge in [0.15, 0.2) is 0 Å². The predicted molar refractivity (Wildman–Crippen MR) is 79.3 cm³/mol. The zero-order chi connectivity index (χ0) is 14.3. The van der Waals surface area contributed by atoms with Crippen LogP contribution in [0.25, 0.3) is 0 Å². The summed E-state index contributed by atoms with van der Waals surface area (Å²) in [6.07, 6.45) is 1.75. The smallest absolute Gasteiger partial charge is 0.235 e. The molecule has 1 aromatic heterocycles. The highest BCUT2D eigenvalue weighted by Gasteiger charge is 2.27. The average molecular weight is 310 g/mol. The number of hydrogen-bond acceptors (Lipinski definition) is 4. The maximum absolute atomic E-state index is 11.8. The number of carbonyl (C=O) groups excluding carboxylic acids is 1. The number of phenolic OH excluding ortho intramolecular Hbond substituents is 1. The predicted octanol–water partition coefficient (Wildman–Crippen LogP) is 2.55. The molecule has 2 heterocycles. The Labute approximate surface area is 124 Å². The Morgan fingerprint density at radius 1 is 1.55 bits per heavy atom. The number of halogens is 1. The van der Waals surface area contributed by atoms with Gasteiger partial charge in [0.05, 0.1) is 22.2 Å². The first-order valence-electron chi connectivity index (χ1n) is 5.98. The number of benzene rings is 1. The Bertz CT molecular complexity index is 686. The Morgan fingerprint density at radius 3 is 3.10 bits per heavy atom. The van der Waals surface area contributed by atoms with E-state index < -0.39 is 0 Å². The number of hydrogen-bond donors (Lipinski definition) is 2. The highest BCUT2D eigenvalue weighted by atomic mass is 35.5. The molecule has 0 saturated heterocycles. The van der Waals surface area contributed by atoms with Crippen molar-refractivity contribution in [2.75, 3.05) is 11.1 Å². The maximum Gasteiger partial charge on any atom is 0.235 e. The number of rotatable bonds is 1. The van der Waals surface area contributed by atoms with Crippen molar-refractivity contribution < 1.29 is 9.90 Å². The summed E-state index contributed by atoms with van der Waals surface area (Å²) in [7, 11) is 1.79. The standard InChI is InChI=1S/C13H12ClN3O2S/c1-17-13-8(5-15-17)12(20-6-11(19)16-13)7-2-3-10(18)9(14)4-7/h2-5,12,18H,6H2,1H3,(H,16,19)/t12-/m0/s1. The summed E-state index contributed by atoms with van der Waals surface area (Å²) in [5.41, 5.74) is 1.87. The van der Waals surface area contributed by atoms with Gasteiger partial charge in [0.2, 0.25) is 5.91 Å². The van der Waals surface area contributed by atoms with E-state index >= 15 is 0 Å². The average Bonchev–Trinajstić information content (AvgIpc) is 2.67. The van der Waals surface area contributed by atoms with Crippen LogP contribution < -0.4 is 5.32 Å². The van der Waals surface area contributed by atoms with Gasteiger partial charge >= 0.3 is 0 Å². The topological polar surface area (TPSA) is 67.2 Å². The van der Waals surface area contributed by atoms with Crippen LogP contribution in [-0.4, -0.2) is 26.5 Å². The van der Waals surface area contributed by atoms with E-state index in [9.17, 15) is 9.90 Å². The molecule has 0 radical (unpaired) electrons. The second-order valence-electron chi connectivity index (χ2n) is 4.52. The quantitative estimate of drug-likeness (QED) is 0.849. The number of phenols is 1. The molecule has 1 aromatic carbocycles. The van der Waals surface area contributed by atoms with Gasteiger partial charge in [-0.25, -0.2) is 0 Å². The van der Waals surface area contributed by atoms with Crippen molar-refractivity contribution in [3.05, 3.63) is 40.5 Å². The van der Waals surface area contributed by atoms with Gasteiger partial charge in [0.25, 0.3) is 0 Å². The highest BCUT2D eigenvalue weighted by molar-refractivity contribution is 8.00. The summed E-state index contributed by atoms with van der Waals surface area (Å²) in [6, 6.07) is 5.10. The lowest BCUT2D eigenvalue weighted by Gasteiger charge is -2.14. The van der Waals surface area contributed by atoms with Crippen molar-refractivity contribution in [3.63, 3.8) is 0 Å². The summed E-state index contributed by atoms with van der Waals surface area (Å²) in [6.45, 7) is 0.